The summed E-state index contributed by atoms with van der Waals surface area (Å²) in [5, 5.41) is 5.48. The van der Waals surface area contributed by atoms with E-state index in [1.165, 1.54) is 9.35 Å². The Bertz CT molecular complexity index is 493. The maximum Gasteiger partial charge on any atom is 0.119 e. The van der Waals surface area contributed by atoms with Gasteiger partial charge in [0.1, 0.15) is 5.75 Å². The van der Waals surface area contributed by atoms with E-state index >= 15 is 0 Å². The van der Waals surface area contributed by atoms with Crippen LogP contribution in [0.3, 0.4) is 0 Å². The molecule has 0 bridgehead atoms. The van der Waals surface area contributed by atoms with Gasteiger partial charge in [-0.2, -0.15) is 0 Å². The van der Waals surface area contributed by atoms with Crippen molar-refractivity contribution in [3.8, 4) is 5.75 Å². The zero-order chi connectivity index (χ0) is 13.0. The highest BCUT2D eigenvalue weighted by atomic mass is 79.9. The Morgan fingerprint density at radius 2 is 1.94 bits per heavy atom. The second kappa shape index (κ2) is 6.25. The van der Waals surface area contributed by atoms with Crippen LogP contribution in [0.1, 0.15) is 18.7 Å². The summed E-state index contributed by atoms with van der Waals surface area (Å²) in [6.07, 6.45) is 0.214. The Balaban J connectivity index is 1.92. The molecule has 2 nitrogen and oxygen atoms in total. The summed E-state index contributed by atoms with van der Waals surface area (Å²) in [4.78, 5) is 1.30. The first kappa shape index (κ1) is 13.4. The van der Waals surface area contributed by atoms with Crippen molar-refractivity contribution in [1.29, 1.82) is 0 Å². The van der Waals surface area contributed by atoms with Crippen LogP contribution in [0.25, 0.3) is 0 Å². The molecule has 1 N–H and O–H groups in total. The fraction of sp³-hybridized carbons (Fsp3) is 0.286. The first-order valence-electron chi connectivity index (χ1n) is 5.87. The highest BCUT2D eigenvalue weighted by Gasteiger charge is 2.01. The summed E-state index contributed by atoms with van der Waals surface area (Å²) in [6.45, 7) is 4.89. The first-order valence-corrected chi connectivity index (χ1v) is 7.55. The molecule has 2 rings (SSSR count). The molecule has 0 spiro atoms. The fourth-order valence-electron chi connectivity index (χ4n) is 1.56. The van der Waals surface area contributed by atoms with Gasteiger partial charge in [0.05, 0.1) is 12.6 Å². The zero-order valence-corrected chi connectivity index (χ0v) is 12.8. The number of ether oxygens (including phenoxy) is 1. The zero-order valence-electron chi connectivity index (χ0n) is 10.4. The van der Waals surface area contributed by atoms with Gasteiger partial charge in [0.25, 0.3) is 0 Å². The fourth-order valence-corrected chi connectivity index (χ4v) is 2.99. The summed E-state index contributed by atoms with van der Waals surface area (Å²) in [5.41, 5.74) is 1.10. The highest BCUT2D eigenvalue weighted by molar-refractivity contribution is 9.10. The van der Waals surface area contributed by atoms with E-state index in [0.717, 1.165) is 18.0 Å². The van der Waals surface area contributed by atoms with E-state index in [1.807, 2.05) is 38.1 Å². The molecule has 0 unspecified atom stereocenters. The monoisotopic (exact) mass is 325 g/mol. The van der Waals surface area contributed by atoms with Crippen molar-refractivity contribution < 1.29 is 4.74 Å². The number of hydrogen-bond donors (Lipinski definition) is 1. The molecule has 1 heterocycles. The summed E-state index contributed by atoms with van der Waals surface area (Å²) in [5.74, 6) is 0.910. The van der Waals surface area contributed by atoms with Crippen molar-refractivity contribution in [2.75, 3.05) is 5.32 Å². The van der Waals surface area contributed by atoms with Gasteiger partial charge in [-0.3, -0.25) is 0 Å². The lowest BCUT2D eigenvalue weighted by Gasteiger charge is -2.11. The normalized spacial score (nSPS) is 10.7. The minimum atomic E-state index is 0.214. The molecule has 0 saturated carbocycles. The molecular formula is C14H16BrNOS. The molecule has 0 saturated heterocycles. The molecule has 0 aliphatic rings. The van der Waals surface area contributed by atoms with Gasteiger partial charge in [0.2, 0.25) is 0 Å². The van der Waals surface area contributed by atoms with Crippen molar-refractivity contribution in [2.45, 2.75) is 26.5 Å². The van der Waals surface area contributed by atoms with Gasteiger partial charge >= 0.3 is 0 Å². The molecule has 18 heavy (non-hydrogen) atoms. The average Bonchev–Trinajstić information content (AvgIpc) is 2.73. The topological polar surface area (TPSA) is 21.3 Å². The summed E-state index contributed by atoms with van der Waals surface area (Å²) in [7, 11) is 0. The Kier molecular flexibility index (Phi) is 4.66. The number of thiophene rings is 1. The second-order valence-corrected chi connectivity index (χ2v) is 6.09. The Morgan fingerprint density at radius 3 is 2.50 bits per heavy atom. The van der Waals surface area contributed by atoms with Crippen LogP contribution in [0.4, 0.5) is 5.69 Å². The third kappa shape index (κ3) is 3.75. The molecule has 0 fully saturated rings. The van der Waals surface area contributed by atoms with Gasteiger partial charge in [-0.15, -0.1) is 11.3 Å². The number of anilines is 1. The maximum atomic E-state index is 5.61. The summed E-state index contributed by atoms with van der Waals surface area (Å²) >= 11 is 5.28. The summed E-state index contributed by atoms with van der Waals surface area (Å²) in [6, 6.07) is 10.1. The van der Waals surface area contributed by atoms with Crippen molar-refractivity contribution >= 4 is 33.0 Å². The van der Waals surface area contributed by atoms with E-state index in [0.29, 0.717) is 0 Å². The van der Waals surface area contributed by atoms with Crippen LogP contribution in [-0.4, -0.2) is 6.10 Å². The predicted octanol–water partition coefficient (Wildman–Crippen LogP) is 4.91. The van der Waals surface area contributed by atoms with Crippen molar-refractivity contribution in [2.24, 2.45) is 0 Å². The summed E-state index contributed by atoms with van der Waals surface area (Å²) < 4.78 is 6.77. The lowest BCUT2D eigenvalue weighted by atomic mass is 10.3. The highest BCUT2D eigenvalue weighted by Crippen LogP contribution is 2.24. The van der Waals surface area contributed by atoms with E-state index in [4.69, 9.17) is 4.74 Å². The van der Waals surface area contributed by atoms with Crippen LogP contribution in [0, 0.1) is 0 Å². The number of halogens is 1. The molecule has 1 aromatic heterocycles. The Morgan fingerprint density at radius 1 is 1.22 bits per heavy atom. The SMILES string of the molecule is CC(C)Oc1ccc(NCc2sccc2Br)cc1. The van der Waals surface area contributed by atoms with Crippen LogP contribution >= 0.6 is 27.3 Å². The third-order valence-corrected chi connectivity index (χ3v) is 4.30. The molecular weight excluding hydrogens is 310 g/mol. The van der Waals surface area contributed by atoms with Crippen LogP contribution in [0.5, 0.6) is 5.75 Å². The van der Waals surface area contributed by atoms with Crippen molar-refractivity contribution in [3.05, 3.63) is 45.1 Å². The van der Waals surface area contributed by atoms with Crippen LogP contribution < -0.4 is 10.1 Å². The smallest absolute Gasteiger partial charge is 0.119 e. The molecule has 0 aliphatic carbocycles. The maximum absolute atomic E-state index is 5.61. The van der Waals surface area contributed by atoms with Gasteiger partial charge in [-0.05, 0) is 65.5 Å². The van der Waals surface area contributed by atoms with Gasteiger partial charge in [0, 0.05) is 15.0 Å². The molecule has 1 aromatic carbocycles. The van der Waals surface area contributed by atoms with E-state index < -0.39 is 0 Å². The van der Waals surface area contributed by atoms with Crippen molar-refractivity contribution in [3.63, 3.8) is 0 Å². The second-order valence-electron chi connectivity index (χ2n) is 4.24. The van der Waals surface area contributed by atoms with Crippen LogP contribution in [-0.2, 0) is 6.54 Å². The van der Waals surface area contributed by atoms with Crippen molar-refractivity contribution in [1.82, 2.24) is 0 Å². The molecule has 96 valence electrons. The molecule has 0 amide bonds. The van der Waals surface area contributed by atoms with E-state index in [9.17, 15) is 0 Å². The van der Waals surface area contributed by atoms with E-state index in [2.05, 4.69) is 32.7 Å². The molecule has 0 radical (unpaired) electrons. The Hall–Kier alpha value is -1.00. The number of benzene rings is 1. The molecule has 2 aromatic rings. The minimum Gasteiger partial charge on any atom is -0.491 e. The van der Waals surface area contributed by atoms with Gasteiger partial charge in [-0.1, -0.05) is 0 Å². The minimum absolute atomic E-state index is 0.214. The Labute approximate surface area is 120 Å². The predicted molar refractivity (Wildman–Crippen MR) is 81.6 cm³/mol. The number of rotatable bonds is 5. The molecule has 0 aliphatic heterocycles. The lowest BCUT2D eigenvalue weighted by Crippen LogP contribution is -2.05. The third-order valence-electron chi connectivity index (χ3n) is 2.37. The molecule has 4 heteroatoms. The first-order chi connectivity index (χ1) is 8.65. The average molecular weight is 326 g/mol. The van der Waals surface area contributed by atoms with Gasteiger partial charge in [-0.25, -0.2) is 0 Å². The number of nitrogens with one attached hydrogen (secondary N) is 1. The quantitative estimate of drug-likeness (QED) is 0.843. The lowest BCUT2D eigenvalue weighted by molar-refractivity contribution is 0.242. The van der Waals surface area contributed by atoms with Gasteiger partial charge < -0.3 is 10.1 Å². The largest absolute Gasteiger partial charge is 0.491 e. The number of hydrogen-bond acceptors (Lipinski definition) is 3. The van der Waals surface area contributed by atoms with Gasteiger partial charge in [0.15, 0.2) is 0 Å². The molecule has 0 atom stereocenters. The standard InChI is InChI=1S/C14H16BrNOS/c1-10(2)17-12-5-3-11(4-6-12)16-9-14-13(15)7-8-18-14/h3-8,10,16H,9H2,1-2H3. The van der Waals surface area contributed by atoms with Crippen LogP contribution in [0.15, 0.2) is 40.2 Å². The van der Waals surface area contributed by atoms with E-state index in [1.54, 1.807) is 11.3 Å². The van der Waals surface area contributed by atoms with Crippen LogP contribution in [0.2, 0.25) is 0 Å². The van der Waals surface area contributed by atoms with E-state index in [-0.39, 0.29) is 6.10 Å².